The third-order valence-corrected chi connectivity index (χ3v) is 2.62. The van der Waals surface area contributed by atoms with Gasteiger partial charge in [0.25, 0.3) is 0 Å². The van der Waals surface area contributed by atoms with Gasteiger partial charge in [0.2, 0.25) is 0 Å². The summed E-state index contributed by atoms with van der Waals surface area (Å²) in [6.07, 6.45) is 0. The summed E-state index contributed by atoms with van der Waals surface area (Å²) in [5.74, 6) is 2.35. The minimum atomic E-state index is 0.372. The van der Waals surface area contributed by atoms with Crippen LogP contribution < -0.4 is 5.32 Å². The van der Waals surface area contributed by atoms with E-state index in [1.165, 1.54) is 0 Å². The van der Waals surface area contributed by atoms with Gasteiger partial charge in [0.1, 0.15) is 5.82 Å². The number of hydrogen-bond acceptors (Lipinski definition) is 4. The van der Waals surface area contributed by atoms with E-state index in [-0.39, 0.29) is 0 Å². The largest absolute Gasteiger partial charge is 0.441 e. The summed E-state index contributed by atoms with van der Waals surface area (Å²) in [6.45, 7) is 2.53. The Hall–Kier alpha value is -1.33. The summed E-state index contributed by atoms with van der Waals surface area (Å²) in [5, 5.41) is 11.8. The van der Waals surface area contributed by atoms with E-state index in [0.717, 1.165) is 31.3 Å². The summed E-state index contributed by atoms with van der Waals surface area (Å²) in [4.78, 5) is 0. The van der Waals surface area contributed by atoms with Crippen molar-refractivity contribution in [1.29, 1.82) is 0 Å². The Labute approximate surface area is 91.1 Å². The second kappa shape index (κ2) is 3.36. The van der Waals surface area contributed by atoms with Crippen molar-refractivity contribution < 1.29 is 4.42 Å². The predicted molar refractivity (Wildman–Crippen MR) is 54.4 cm³/mol. The lowest BCUT2D eigenvalue weighted by Crippen LogP contribution is -2.28. The second-order valence-electron chi connectivity index (χ2n) is 3.37. The molecule has 1 aliphatic rings. The molecule has 0 spiro atoms. The van der Waals surface area contributed by atoms with Gasteiger partial charge in [-0.25, -0.2) is 0 Å². The van der Waals surface area contributed by atoms with Crippen LogP contribution in [-0.4, -0.2) is 21.3 Å². The summed E-state index contributed by atoms with van der Waals surface area (Å²) in [6, 6.07) is 3.52. The first-order valence-electron chi connectivity index (χ1n) is 4.73. The zero-order valence-electron chi connectivity index (χ0n) is 7.90. The maximum atomic E-state index is 5.72. The van der Waals surface area contributed by atoms with Crippen LogP contribution in [0.3, 0.4) is 0 Å². The highest BCUT2D eigenvalue weighted by Gasteiger charge is 2.18. The van der Waals surface area contributed by atoms with Gasteiger partial charge in [0, 0.05) is 13.1 Å². The monoisotopic (exact) mass is 224 g/mol. The summed E-state index contributed by atoms with van der Waals surface area (Å²) >= 11 is 5.72. The molecule has 1 N–H and O–H groups in total. The zero-order valence-corrected chi connectivity index (χ0v) is 8.66. The van der Waals surface area contributed by atoms with Crippen molar-refractivity contribution in [2.45, 2.75) is 13.1 Å². The fraction of sp³-hybridized carbons (Fsp3) is 0.333. The quantitative estimate of drug-likeness (QED) is 0.793. The van der Waals surface area contributed by atoms with Crippen molar-refractivity contribution in [2.75, 3.05) is 6.54 Å². The fourth-order valence-electron chi connectivity index (χ4n) is 1.71. The van der Waals surface area contributed by atoms with Crippen molar-refractivity contribution in [2.24, 2.45) is 0 Å². The van der Waals surface area contributed by atoms with Gasteiger partial charge in [-0.15, -0.1) is 10.2 Å². The van der Waals surface area contributed by atoms with E-state index in [0.29, 0.717) is 11.0 Å². The normalized spacial score (nSPS) is 15.3. The summed E-state index contributed by atoms with van der Waals surface area (Å²) in [7, 11) is 0. The van der Waals surface area contributed by atoms with E-state index in [9.17, 15) is 0 Å². The molecule has 1 aliphatic heterocycles. The van der Waals surface area contributed by atoms with Crippen LogP contribution >= 0.6 is 11.6 Å². The highest BCUT2D eigenvalue weighted by atomic mass is 35.5. The van der Waals surface area contributed by atoms with Crippen LogP contribution in [-0.2, 0) is 13.1 Å². The van der Waals surface area contributed by atoms with E-state index >= 15 is 0 Å². The van der Waals surface area contributed by atoms with Gasteiger partial charge in [-0.1, -0.05) is 0 Å². The average Bonchev–Trinajstić information content (AvgIpc) is 2.83. The van der Waals surface area contributed by atoms with Crippen LogP contribution in [0.25, 0.3) is 11.6 Å². The zero-order chi connectivity index (χ0) is 10.3. The van der Waals surface area contributed by atoms with Crippen molar-refractivity contribution in [3.63, 3.8) is 0 Å². The van der Waals surface area contributed by atoms with Crippen LogP contribution in [0, 0.1) is 0 Å². The maximum Gasteiger partial charge on any atom is 0.199 e. The van der Waals surface area contributed by atoms with Crippen LogP contribution in [0.1, 0.15) is 5.82 Å². The number of furan rings is 1. The SMILES string of the molecule is Clc1ccc(-c2nnc3n2CCNC3)o1. The molecule has 0 amide bonds. The van der Waals surface area contributed by atoms with Crippen molar-refractivity contribution >= 4 is 11.6 Å². The number of nitrogens with one attached hydrogen (secondary N) is 1. The van der Waals surface area contributed by atoms with Crippen molar-refractivity contribution in [3.05, 3.63) is 23.2 Å². The molecule has 0 aromatic carbocycles. The van der Waals surface area contributed by atoms with Gasteiger partial charge in [-0.3, -0.25) is 0 Å². The van der Waals surface area contributed by atoms with E-state index in [4.69, 9.17) is 16.0 Å². The van der Waals surface area contributed by atoms with Gasteiger partial charge >= 0.3 is 0 Å². The molecular weight excluding hydrogens is 216 g/mol. The van der Waals surface area contributed by atoms with Gasteiger partial charge < -0.3 is 14.3 Å². The first-order chi connectivity index (χ1) is 7.34. The molecule has 2 aromatic rings. The van der Waals surface area contributed by atoms with Crippen LogP contribution in [0.15, 0.2) is 16.5 Å². The van der Waals surface area contributed by atoms with Gasteiger partial charge in [-0.2, -0.15) is 0 Å². The lowest BCUT2D eigenvalue weighted by atomic mass is 10.3. The standard InChI is InChI=1S/C9H9ClN4O/c10-7-2-1-6(15-7)9-13-12-8-5-11-3-4-14(8)9/h1-2,11H,3-5H2. The molecular formula is C9H9ClN4O. The molecule has 0 saturated carbocycles. The number of halogens is 1. The molecule has 0 saturated heterocycles. The van der Waals surface area contributed by atoms with E-state index in [1.807, 2.05) is 10.6 Å². The van der Waals surface area contributed by atoms with E-state index in [1.54, 1.807) is 6.07 Å². The minimum Gasteiger partial charge on any atom is -0.441 e. The Morgan fingerprint density at radius 1 is 1.40 bits per heavy atom. The van der Waals surface area contributed by atoms with Crippen molar-refractivity contribution in [1.82, 2.24) is 20.1 Å². The van der Waals surface area contributed by atoms with E-state index < -0.39 is 0 Å². The molecule has 15 heavy (non-hydrogen) atoms. The molecule has 78 valence electrons. The highest BCUT2D eigenvalue weighted by molar-refractivity contribution is 6.28. The number of hydrogen-bond donors (Lipinski definition) is 1. The lowest BCUT2D eigenvalue weighted by molar-refractivity contribution is 0.500. The molecule has 0 atom stereocenters. The predicted octanol–water partition coefficient (Wildman–Crippen LogP) is 1.29. The van der Waals surface area contributed by atoms with Crippen molar-refractivity contribution in [3.8, 4) is 11.6 Å². The maximum absolute atomic E-state index is 5.72. The molecule has 2 aromatic heterocycles. The number of rotatable bonds is 1. The van der Waals surface area contributed by atoms with Crippen LogP contribution in [0.4, 0.5) is 0 Å². The smallest absolute Gasteiger partial charge is 0.199 e. The van der Waals surface area contributed by atoms with Crippen LogP contribution in [0.5, 0.6) is 0 Å². The third-order valence-electron chi connectivity index (χ3n) is 2.42. The van der Waals surface area contributed by atoms with Gasteiger partial charge in [-0.05, 0) is 23.7 Å². The molecule has 0 aliphatic carbocycles. The van der Waals surface area contributed by atoms with Gasteiger partial charge in [0.05, 0.1) is 6.54 Å². The summed E-state index contributed by atoms with van der Waals surface area (Å²) in [5.41, 5.74) is 0. The Bertz CT molecular complexity index is 490. The molecule has 0 radical (unpaired) electrons. The third kappa shape index (κ3) is 1.44. The fourth-order valence-corrected chi connectivity index (χ4v) is 1.85. The molecule has 5 nitrogen and oxygen atoms in total. The van der Waals surface area contributed by atoms with E-state index in [2.05, 4.69) is 15.5 Å². The first-order valence-corrected chi connectivity index (χ1v) is 5.11. The molecule has 0 bridgehead atoms. The second-order valence-corrected chi connectivity index (χ2v) is 3.74. The average molecular weight is 225 g/mol. The van der Waals surface area contributed by atoms with Gasteiger partial charge in [0.15, 0.2) is 16.8 Å². The summed E-state index contributed by atoms with van der Waals surface area (Å²) < 4.78 is 7.36. The minimum absolute atomic E-state index is 0.372. The molecule has 0 fully saturated rings. The number of nitrogens with zero attached hydrogens (tertiary/aromatic N) is 3. The molecule has 3 rings (SSSR count). The molecule has 0 unspecified atom stereocenters. The van der Waals surface area contributed by atoms with Crippen LogP contribution in [0.2, 0.25) is 5.22 Å². The lowest BCUT2D eigenvalue weighted by Gasteiger charge is -2.14. The number of fused-ring (bicyclic) bond motifs is 1. The highest BCUT2D eigenvalue weighted by Crippen LogP contribution is 2.24. The molecule has 6 heteroatoms. The number of aromatic nitrogens is 3. The topological polar surface area (TPSA) is 55.9 Å². The Kier molecular flexibility index (Phi) is 2.00. The Morgan fingerprint density at radius 3 is 3.13 bits per heavy atom. The molecule has 3 heterocycles. The Morgan fingerprint density at radius 2 is 2.33 bits per heavy atom. The Balaban J connectivity index is 2.08. The first kappa shape index (κ1) is 8.94.